The van der Waals surface area contributed by atoms with Crippen molar-refractivity contribution in [3.05, 3.63) is 12.7 Å². The summed E-state index contributed by atoms with van der Waals surface area (Å²) in [6.07, 6.45) is 6.04. The fourth-order valence-corrected chi connectivity index (χ4v) is 1.19. The van der Waals surface area contributed by atoms with Crippen LogP contribution in [0.2, 0.25) is 0 Å². The van der Waals surface area contributed by atoms with Crippen LogP contribution >= 0.6 is 0 Å². The quantitative estimate of drug-likeness (QED) is 0.472. The topological polar surface area (TPSA) is 32.3 Å². The van der Waals surface area contributed by atoms with Gasteiger partial charge in [0, 0.05) is 6.54 Å². The molecule has 0 atom stereocenters. The van der Waals surface area contributed by atoms with Gasteiger partial charge in [-0.2, -0.15) is 0 Å². The van der Waals surface area contributed by atoms with Gasteiger partial charge in [-0.25, -0.2) is 0 Å². The Balaban J connectivity index is 3.06. The number of nitrogens with one attached hydrogen (secondary N) is 1. The number of carbonyl (C=O) groups is 1. The molecular weight excluding hydrogens is 176 g/mol. The summed E-state index contributed by atoms with van der Waals surface area (Å²) in [6.45, 7) is 5.31. The fraction of sp³-hybridized carbons (Fsp3) is 0.727. The minimum absolute atomic E-state index is 0.0710. The summed E-state index contributed by atoms with van der Waals surface area (Å²) in [4.78, 5) is 12.9. The van der Waals surface area contributed by atoms with Crippen molar-refractivity contribution in [2.45, 2.75) is 25.7 Å². The molecule has 1 N–H and O–H groups in total. The maximum atomic E-state index is 10.8. The van der Waals surface area contributed by atoms with Crippen molar-refractivity contribution >= 4 is 5.91 Å². The summed E-state index contributed by atoms with van der Waals surface area (Å²) in [6, 6.07) is 0. The number of carbonyl (C=O) groups excluding carboxylic acids is 1. The number of hydrogen-bond donors (Lipinski definition) is 1. The highest BCUT2D eigenvalue weighted by Gasteiger charge is 1.94. The van der Waals surface area contributed by atoms with Crippen LogP contribution in [0, 0.1) is 0 Å². The number of hydrogen-bond acceptors (Lipinski definition) is 2. The smallest absolute Gasteiger partial charge is 0.243 e. The minimum atomic E-state index is -0.0710. The normalized spacial score (nSPS) is 10.2. The van der Waals surface area contributed by atoms with Gasteiger partial charge in [-0.3, -0.25) is 4.79 Å². The Morgan fingerprint density at radius 2 is 1.93 bits per heavy atom. The highest BCUT2D eigenvalue weighted by molar-refractivity contribution is 5.86. The zero-order chi connectivity index (χ0) is 10.8. The van der Waals surface area contributed by atoms with Crippen LogP contribution in [-0.2, 0) is 4.79 Å². The van der Waals surface area contributed by atoms with E-state index in [-0.39, 0.29) is 5.91 Å². The first kappa shape index (κ1) is 13.2. The molecule has 0 aromatic heterocycles. The first-order valence-corrected chi connectivity index (χ1v) is 5.22. The Morgan fingerprint density at radius 3 is 2.50 bits per heavy atom. The fourth-order valence-electron chi connectivity index (χ4n) is 1.19. The highest BCUT2D eigenvalue weighted by Crippen LogP contribution is 1.99. The van der Waals surface area contributed by atoms with Crippen LogP contribution in [-0.4, -0.2) is 38.0 Å². The number of rotatable bonds is 8. The summed E-state index contributed by atoms with van der Waals surface area (Å²) < 4.78 is 0. The molecule has 0 spiro atoms. The van der Waals surface area contributed by atoms with Gasteiger partial charge in [0.1, 0.15) is 0 Å². The molecule has 82 valence electrons. The summed E-state index contributed by atoms with van der Waals surface area (Å²) in [5.41, 5.74) is 0. The Hall–Kier alpha value is -0.830. The predicted molar refractivity (Wildman–Crippen MR) is 60.2 cm³/mol. The average molecular weight is 198 g/mol. The van der Waals surface area contributed by atoms with Gasteiger partial charge < -0.3 is 10.2 Å². The molecule has 0 saturated heterocycles. The van der Waals surface area contributed by atoms with Crippen molar-refractivity contribution in [3.8, 4) is 0 Å². The van der Waals surface area contributed by atoms with Gasteiger partial charge in [0.05, 0.1) is 0 Å². The largest absolute Gasteiger partial charge is 0.353 e. The molecule has 0 aromatic rings. The van der Waals surface area contributed by atoms with E-state index in [1.54, 1.807) is 0 Å². The van der Waals surface area contributed by atoms with E-state index in [0.29, 0.717) is 0 Å². The molecule has 0 fully saturated rings. The van der Waals surface area contributed by atoms with Crippen molar-refractivity contribution in [2.75, 3.05) is 27.2 Å². The molecule has 0 aliphatic rings. The van der Waals surface area contributed by atoms with Gasteiger partial charge in [0.2, 0.25) is 5.91 Å². The van der Waals surface area contributed by atoms with Crippen LogP contribution in [0.3, 0.4) is 0 Å². The van der Waals surface area contributed by atoms with E-state index in [4.69, 9.17) is 0 Å². The van der Waals surface area contributed by atoms with Crippen molar-refractivity contribution in [2.24, 2.45) is 0 Å². The van der Waals surface area contributed by atoms with Crippen LogP contribution in [0.4, 0.5) is 0 Å². The molecule has 0 saturated carbocycles. The molecule has 0 heterocycles. The van der Waals surface area contributed by atoms with Crippen LogP contribution in [0.25, 0.3) is 0 Å². The maximum Gasteiger partial charge on any atom is 0.243 e. The second-order valence-electron chi connectivity index (χ2n) is 3.71. The van der Waals surface area contributed by atoms with Crippen molar-refractivity contribution in [1.29, 1.82) is 0 Å². The third kappa shape index (κ3) is 9.26. The van der Waals surface area contributed by atoms with E-state index >= 15 is 0 Å². The first-order valence-electron chi connectivity index (χ1n) is 5.22. The molecule has 0 aliphatic heterocycles. The van der Waals surface area contributed by atoms with E-state index in [1.807, 2.05) is 0 Å². The number of nitrogens with zero attached hydrogens (tertiary/aromatic N) is 1. The van der Waals surface area contributed by atoms with E-state index in [1.165, 1.54) is 25.3 Å². The first-order chi connectivity index (χ1) is 6.66. The minimum Gasteiger partial charge on any atom is -0.353 e. The zero-order valence-electron chi connectivity index (χ0n) is 9.38. The molecule has 3 heteroatoms. The van der Waals surface area contributed by atoms with E-state index < -0.39 is 0 Å². The van der Waals surface area contributed by atoms with Crippen LogP contribution < -0.4 is 5.32 Å². The molecule has 0 rings (SSSR count). The molecule has 3 nitrogen and oxygen atoms in total. The Bertz CT molecular complexity index is 167. The van der Waals surface area contributed by atoms with Gasteiger partial charge >= 0.3 is 0 Å². The van der Waals surface area contributed by atoms with Crippen LogP contribution in [0.5, 0.6) is 0 Å². The lowest BCUT2D eigenvalue weighted by Gasteiger charge is -2.08. The van der Waals surface area contributed by atoms with Crippen LogP contribution in [0.1, 0.15) is 25.7 Å². The third-order valence-corrected chi connectivity index (χ3v) is 2.02. The summed E-state index contributed by atoms with van der Waals surface area (Å²) in [5.74, 6) is -0.0710. The molecule has 0 aromatic carbocycles. The van der Waals surface area contributed by atoms with E-state index in [2.05, 4.69) is 30.9 Å². The maximum absolute atomic E-state index is 10.8. The van der Waals surface area contributed by atoms with Crippen molar-refractivity contribution in [1.82, 2.24) is 10.2 Å². The van der Waals surface area contributed by atoms with Gasteiger partial charge in [0.25, 0.3) is 0 Å². The molecule has 0 aliphatic carbocycles. The Morgan fingerprint density at radius 1 is 1.29 bits per heavy atom. The summed E-state index contributed by atoms with van der Waals surface area (Å²) in [5, 5.41) is 2.76. The van der Waals surface area contributed by atoms with E-state index in [9.17, 15) is 4.79 Å². The molecule has 1 amide bonds. The second kappa shape index (κ2) is 8.75. The Kier molecular flexibility index (Phi) is 8.24. The molecule has 14 heavy (non-hydrogen) atoms. The van der Waals surface area contributed by atoms with E-state index in [0.717, 1.165) is 19.5 Å². The third-order valence-electron chi connectivity index (χ3n) is 2.02. The van der Waals surface area contributed by atoms with Crippen molar-refractivity contribution in [3.63, 3.8) is 0 Å². The average Bonchev–Trinajstić information content (AvgIpc) is 2.15. The van der Waals surface area contributed by atoms with Gasteiger partial charge in [0.15, 0.2) is 0 Å². The molecule has 0 unspecified atom stereocenters. The van der Waals surface area contributed by atoms with Gasteiger partial charge in [-0.05, 0) is 39.6 Å². The lowest BCUT2D eigenvalue weighted by Crippen LogP contribution is -2.21. The lowest BCUT2D eigenvalue weighted by atomic mass is 10.2. The molecular formula is C11H22N2O. The SMILES string of the molecule is C=CC(=O)NCCCCCCN(C)C. The molecule has 0 radical (unpaired) electrons. The second-order valence-corrected chi connectivity index (χ2v) is 3.71. The van der Waals surface area contributed by atoms with Gasteiger partial charge in [-0.15, -0.1) is 0 Å². The zero-order valence-corrected chi connectivity index (χ0v) is 9.38. The van der Waals surface area contributed by atoms with Crippen molar-refractivity contribution < 1.29 is 4.79 Å². The monoisotopic (exact) mass is 198 g/mol. The van der Waals surface area contributed by atoms with Gasteiger partial charge in [-0.1, -0.05) is 19.4 Å². The summed E-state index contributed by atoms with van der Waals surface area (Å²) >= 11 is 0. The Labute approximate surface area is 87.2 Å². The standard InChI is InChI=1S/C11H22N2O/c1-4-11(14)12-9-7-5-6-8-10-13(2)3/h4H,1,5-10H2,2-3H3,(H,12,14). The lowest BCUT2D eigenvalue weighted by molar-refractivity contribution is -0.116. The summed E-state index contributed by atoms with van der Waals surface area (Å²) in [7, 11) is 4.18. The number of amides is 1. The molecule has 0 bridgehead atoms. The predicted octanol–water partition coefficient (Wildman–Crippen LogP) is 1.41. The number of unbranched alkanes of at least 4 members (excludes halogenated alkanes) is 3. The highest BCUT2D eigenvalue weighted by atomic mass is 16.1. The van der Waals surface area contributed by atoms with Crippen LogP contribution in [0.15, 0.2) is 12.7 Å².